The van der Waals surface area contributed by atoms with E-state index in [-0.39, 0.29) is 0 Å². The predicted octanol–water partition coefficient (Wildman–Crippen LogP) is 5.03. The van der Waals surface area contributed by atoms with Gasteiger partial charge in [0, 0.05) is 0 Å². The van der Waals surface area contributed by atoms with Gasteiger partial charge in [-0.25, -0.2) is 0 Å². The van der Waals surface area contributed by atoms with Crippen molar-refractivity contribution in [3.05, 3.63) is 91.0 Å². The molecule has 3 rings (SSSR count). The third-order valence-corrected chi connectivity index (χ3v) is 17.0. The fraction of sp³-hybridized carbons (Fsp3) is 0.308. The number of hydrogen-bond donors (Lipinski definition) is 0. The number of rotatable bonds is 11. The molecule has 0 bridgehead atoms. The molecule has 0 aliphatic carbocycles. The Balaban J connectivity index is 1.91. The van der Waals surface area contributed by atoms with Crippen LogP contribution in [0.4, 0.5) is 0 Å². The van der Waals surface area contributed by atoms with E-state index in [4.69, 9.17) is 3.07 Å². The van der Waals surface area contributed by atoms with Crippen LogP contribution in [-0.2, 0) is 3.07 Å². The number of unbranched alkanes of at least 4 members (excludes halogenated alkanes) is 5. The zero-order valence-corrected chi connectivity index (χ0v) is 19.9. The molecule has 3 aromatic rings. The minimum atomic E-state index is -3.48. The summed E-state index contributed by atoms with van der Waals surface area (Å²) in [6, 6.07) is 32.9. The van der Waals surface area contributed by atoms with Crippen molar-refractivity contribution in [2.75, 3.05) is 6.61 Å². The monoisotopic (exact) mass is 480 g/mol. The number of hydrogen-bond acceptors (Lipinski definition) is 1. The summed E-state index contributed by atoms with van der Waals surface area (Å²) in [4.78, 5) is 0. The molecule has 0 fully saturated rings. The molecule has 0 heterocycles. The third kappa shape index (κ3) is 5.27. The average molecular weight is 479 g/mol. The molecule has 0 amide bonds. The summed E-state index contributed by atoms with van der Waals surface area (Å²) < 4.78 is 11.2. The maximum absolute atomic E-state index is 7.00. The molecule has 2 heteroatoms. The van der Waals surface area contributed by atoms with Gasteiger partial charge in [0.15, 0.2) is 0 Å². The molecule has 0 saturated carbocycles. The first kappa shape index (κ1) is 21.1. The van der Waals surface area contributed by atoms with E-state index in [2.05, 4.69) is 97.9 Å². The van der Waals surface area contributed by atoms with Crippen LogP contribution in [0.2, 0.25) is 0 Å². The molecule has 28 heavy (non-hydrogen) atoms. The molecule has 0 aromatic heterocycles. The molecule has 0 aliphatic heterocycles. The molecular weight excluding hydrogens is 447 g/mol. The van der Waals surface area contributed by atoms with Crippen molar-refractivity contribution in [3.8, 4) is 0 Å². The molecule has 3 aromatic carbocycles. The number of benzene rings is 3. The molecular formula is C26H32OSn. The van der Waals surface area contributed by atoms with E-state index in [9.17, 15) is 0 Å². The second-order valence-electron chi connectivity index (χ2n) is 7.40. The normalized spacial score (nSPS) is 11.5. The van der Waals surface area contributed by atoms with Crippen molar-refractivity contribution < 1.29 is 3.07 Å². The van der Waals surface area contributed by atoms with Crippen molar-refractivity contribution in [2.24, 2.45) is 0 Å². The minimum absolute atomic E-state index is 0.848. The fourth-order valence-corrected chi connectivity index (χ4v) is 15.1. The van der Waals surface area contributed by atoms with Gasteiger partial charge in [-0.05, 0) is 0 Å². The van der Waals surface area contributed by atoms with E-state index in [0.29, 0.717) is 0 Å². The standard InChI is InChI=1S/C8H17O.3C6H5.Sn/c1-2-3-4-5-6-7-8-9;3*1-2-4-6-5-3-1;/h2-8H2,1H3;3*1-5H;/q-1;;;;+1. The quantitative estimate of drug-likeness (QED) is 0.277. The van der Waals surface area contributed by atoms with Crippen molar-refractivity contribution in [2.45, 2.75) is 45.4 Å². The Morgan fingerprint density at radius 3 is 1.36 bits per heavy atom. The van der Waals surface area contributed by atoms with Gasteiger partial charge in [-0.15, -0.1) is 0 Å². The van der Waals surface area contributed by atoms with Crippen molar-refractivity contribution >= 4 is 29.5 Å². The van der Waals surface area contributed by atoms with Crippen LogP contribution in [0.3, 0.4) is 0 Å². The van der Waals surface area contributed by atoms with E-state index in [1.165, 1.54) is 42.8 Å². The Kier molecular flexibility index (Phi) is 8.63. The zero-order chi connectivity index (χ0) is 19.5. The molecule has 0 spiro atoms. The van der Waals surface area contributed by atoms with Crippen LogP contribution in [-0.4, -0.2) is 25.4 Å². The molecule has 0 N–H and O–H groups in total. The Labute approximate surface area is 175 Å². The summed E-state index contributed by atoms with van der Waals surface area (Å²) in [5.74, 6) is 0. The van der Waals surface area contributed by atoms with Gasteiger partial charge in [0.1, 0.15) is 0 Å². The second-order valence-corrected chi connectivity index (χ2v) is 17.1. The fourth-order valence-electron chi connectivity index (χ4n) is 3.88. The van der Waals surface area contributed by atoms with Crippen molar-refractivity contribution in [1.82, 2.24) is 0 Å². The molecule has 0 atom stereocenters. The van der Waals surface area contributed by atoms with Gasteiger partial charge in [-0.3, -0.25) is 0 Å². The van der Waals surface area contributed by atoms with Gasteiger partial charge in [0.05, 0.1) is 0 Å². The Morgan fingerprint density at radius 1 is 0.536 bits per heavy atom. The van der Waals surface area contributed by atoms with E-state index < -0.39 is 18.8 Å². The average Bonchev–Trinajstić information content (AvgIpc) is 2.78. The van der Waals surface area contributed by atoms with Crippen LogP contribution in [0.5, 0.6) is 0 Å². The topological polar surface area (TPSA) is 9.23 Å². The van der Waals surface area contributed by atoms with Gasteiger partial charge in [0.2, 0.25) is 0 Å². The maximum atomic E-state index is 7.00. The van der Waals surface area contributed by atoms with Crippen LogP contribution in [0.15, 0.2) is 91.0 Å². The van der Waals surface area contributed by atoms with Crippen LogP contribution in [0.25, 0.3) is 0 Å². The first-order chi connectivity index (χ1) is 13.9. The molecule has 1 nitrogen and oxygen atoms in total. The van der Waals surface area contributed by atoms with E-state index >= 15 is 0 Å². The van der Waals surface area contributed by atoms with Gasteiger partial charge in [-0.2, -0.15) is 0 Å². The molecule has 146 valence electrons. The van der Waals surface area contributed by atoms with Gasteiger partial charge < -0.3 is 0 Å². The molecule has 0 saturated heterocycles. The van der Waals surface area contributed by atoms with Crippen LogP contribution >= 0.6 is 0 Å². The van der Waals surface area contributed by atoms with Crippen molar-refractivity contribution in [1.29, 1.82) is 0 Å². The zero-order valence-electron chi connectivity index (χ0n) is 17.0. The third-order valence-electron chi connectivity index (χ3n) is 5.36. The molecule has 0 aliphatic rings. The van der Waals surface area contributed by atoms with E-state index in [1.807, 2.05) is 0 Å². The predicted molar refractivity (Wildman–Crippen MR) is 123 cm³/mol. The Morgan fingerprint density at radius 2 is 0.929 bits per heavy atom. The van der Waals surface area contributed by atoms with E-state index in [1.54, 1.807) is 0 Å². The van der Waals surface area contributed by atoms with Crippen LogP contribution in [0.1, 0.15) is 45.4 Å². The summed E-state index contributed by atoms with van der Waals surface area (Å²) in [7, 11) is 0. The van der Waals surface area contributed by atoms with Crippen LogP contribution in [0, 0.1) is 0 Å². The van der Waals surface area contributed by atoms with E-state index in [0.717, 1.165) is 13.0 Å². The van der Waals surface area contributed by atoms with Gasteiger partial charge in [-0.1, -0.05) is 0 Å². The SMILES string of the molecule is CCCCCCCC[O][Sn]([c]1ccccc1)([c]1ccccc1)[c]1ccccc1. The first-order valence-corrected chi connectivity index (χ1v) is 16.1. The first-order valence-electron chi connectivity index (χ1n) is 10.7. The molecule has 0 radical (unpaired) electrons. The summed E-state index contributed by atoms with van der Waals surface area (Å²) >= 11 is -3.48. The summed E-state index contributed by atoms with van der Waals surface area (Å²) in [5, 5.41) is 0. The van der Waals surface area contributed by atoms with Gasteiger partial charge in [0.25, 0.3) is 0 Å². The molecule has 0 unspecified atom stereocenters. The second kappa shape index (κ2) is 11.4. The summed E-state index contributed by atoms with van der Waals surface area (Å²) in [6.45, 7) is 3.12. The Hall–Kier alpha value is -1.58. The van der Waals surface area contributed by atoms with Crippen molar-refractivity contribution in [3.63, 3.8) is 0 Å². The van der Waals surface area contributed by atoms with Crippen LogP contribution < -0.4 is 10.7 Å². The summed E-state index contributed by atoms with van der Waals surface area (Å²) in [5.41, 5.74) is 0. The summed E-state index contributed by atoms with van der Waals surface area (Å²) in [6.07, 6.45) is 7.73. The van der Waals surface area contributed by atoms with Gasteiger partial charge >= 0.3 is 176 Å². The Bertz CT molecular complexity index is 690.